The number of benzene rings is 2. The first-order valence-corrected chi connectivity index (χ1v) is 7.27. The minimum Gasteiger partial charge on any atom is -0.497 e. The van der Waals surface area contributed by atoms with E-state index in [2.05, 4.69) is 5.32 Å². The molecule has 23 heavy (non-hydrogen) atoms. The van der Waals surface area contributed by atoms with Gasteiger partial charge in [-0.15, -0.1) is 0 Å². The molecule has 0 radical (unpaired) electrons. The van der Waals surface area contributed by atoms with Gasteiger partial charge in [-0.1, -0.05) is 42.5 Å². The predicted octanol–water partition coefficient (Wildman–Crippen LogP) is 2.05. The van der Waals surface area contributed by atoms with E-state index in [0.717, 1.165) is 11.1 Å². The SMILES string of the molecule is COc1ccc(C[C@@H](NC(=O)Cc2ccccc2)C(=O)O)cc1. The maximum atomic E-state index is 12.0. The van der Waals surface area contributed by atoms with Crippen LogP contribution < -0.4 is 10.1 Å². The zero-order valence-electron chi connectivity index (χ0n) is 12.9. The summed E-state index contributed by atoms with van der Waals surface area (Å²) in [5.41, 5.74) is 1.66. The molecule has 120 valence electrons. The third-order valence-electron chi connectivity index (χ3n) is 3.44. The van der Waals surface area contributed by atoms with E-state index in [1.807, 2.05) is 30.3 Å². The summed E-state index contributed by atoms with van der Waals surface area (Å²) < 4.78 is 5.07. The molecule has 0 spiro atoms. The fourth-order valence-corrected chi connectivity index (χ4v) is 2.22. The van der Waals surface area contributed by atoms with Crippen LogP contribution in [0.2, 0.25) is 0 Å². The van der Waals surface area contributed by atoms with Gasteiger partial charge in [0.05, 0.1) is 13.5 Å². The molecule has 0 saturated carbocycles. The van der Waals surface area contributed by atoms with Gasteiger partial charge in [-0.2, -0.15) is 0 Å². The van der Waals surface area contributed by atoms with E-state index in [9.17, 15) is 14.7 Å². The standard InChI is InChI=1S/C18H19NO4/c1-23-15-9-7-14(8-10-15)11-16(18(21)22)19-17(20)12-13-5-3-2-4-6-13/h2-10,16H,11-12H2,1H3,(H,19,20)(H,21,22)/t16-/m1/s1. The highest BCUT2D eigenvalue weighted by Gasteiger charge is 2.20. The lowest BCUT2D eigenvalue weighted by Crippen LogP contribution is -2.43. The summed E-state index contributed by atoms with van der Waals surface area (Å²) in [6.45, 7) is 0. The smallest absolute Gasteiger partial charge is 0.326 e. The largest absolute Gasteiger partial charge is 0.497 e. The van der Waals surface area contributed by atoms with Crippen LogP contribution in [0.5, 0.6) is 5.75 Å². The monoisotopic (exact) mass is 313 g/mol. The number of methoxy groups -OCH3 is 1. The highest BCUT2D eigenvalue weighted by molar-refractivity contribution is 5.85. The van der Waals surface area contributed by atoms with Gasteiger partial charge in [-0.25, -0.2) is 4.79 Å². The number of ether oxygens (including phenoxy) is 1. The van der Waals surface area contributed by atoms with Crippen molar-refractivity contribution in [2.75, 3.05) is 7.11 Å². The van der Waals surface area contributed by atoms with Crippen molar-refractivity contribution < 1.29 is 19.4 Å². The number of rotatable bonds is 7. The van der Waals surface area contributed by atoms with E-state index in [-0.39, 0.29) is 18.7 Å². The van der Waals surface area contributed by atoms with Crippen LogP contribution in [0.25, 0.3) is 0 Å². The summed E-state index contributed by atoms with van der Waals surface area (Å²) in [5.74, 6) is -0.659. The molecule has 1 atom stereocenters. The van der Waals surface area contributed by atoms with Gasteiger partial charge in [0, 0.05) is 6.42 Å². The highest BCUT2D eigenvalue weighted by Crippen LogP contribution is 2.13. The number of hydrogen-bond donors (Lipinski definition) is 2. The summed E-state index contributed by atoms with van der Waals surface area (Å²) in [4.78, 5) is 23.4. The van der Waals surface area contributed by atoms with E-state index in [1.54, 1.807) is 31.4 Å². The Balaban J connectivity index is 1.97. The van der Waals surface area contributed by atoms with Gasteiger partial charge in [-0.05, 0) is 23.3 Å². The number of nitrogens with one attached hydrogen (secondary N) is 1. The van der Waals surface area contributed by atoms with Crippen LogP contribution in [0.1, 0.15) is 11.1 Å². The average Bonchev–Trinajstić information content (AvgIpc) is 2.55. The Labute approximate surface area is 134 Å². The van der Waals surface area contributed by atoms with Gasteiger partial charge in [0.25, 0.3) is 0 Å². The van der Waals surface area contributed by atoms with E-state index in [1.165, 1.54) is 0 Å². The first-order valence-electron chi connectivity index (χ1n) is 7.27. The van der Waals surface area contributed by atoms with Crippen molar-refractivity contribution in [3.63, 3.8) is 0 Å². The maximum absolute atomic E-state index is 12.0. The van der Waals surface area contributed by atoms with E-state index >= 15 is 0 Å². The molecule has 0 aliphatic carbocycles. The first-order chi connectivity index (χ1) is 11.1. The van der Waals surface area contributed by atoms with Crippen molar-refractivity contribution in [3.05, 3.63) is 65.7 Å². The summed E-state index contributed by atoms with van der Waals surface area (Å²) in [7, 11) is 1.57. The predicted molar refractivity (Wildman–Crippen MR) is 86.4 cm³/mol. The van der Waals surface area contributed by atoms with E-state index in [0.29, 0.717) is 5.75 Å². The quantitative estimate of drug-likeness (QED) is 0.820. The minimum absolute atomic E-state index is 0.160. The molecule has 2 aromatic carbocycles. The zero-order chi connectivity index (χ0) is 16.7. The second kappa shape index (κ2) is 7.98. The number of carbonyl (C=O) groups is 2. The average molecular weight is 313 g/mol. The first kappa shape index (κ1) is 16.5. The number of hydrogen-bond acceptors (Lipinski definition) is 3. The Kier molecular flexibility index (Phi) is 5.74. The lowest BCUT2D eigenvalue weighted by molar-refractivity contribution is -0.141. The van der Waals surface area contributed by atoms with Gasteiger partial charge >= 0.3 is 5.97 Å². The molecule has 2 N–H and O–H groups in total. The Morgan fingerprint density at radius 2 is 1.70 bits per heavy atom. The van der Waals surface area contributed by atoms with Gasteiger partial charge in [0.1, 0.15) is 11.8 Å². The molecule has 0 bridgehead atoms. The number of carbonyl (C=O) groups excluding carboxylic acids is 1. The van der Waals surface area contributed by atoms with Gasteiger partial charge < -0.3 is 15.2 Å². The maximum Gasteiger partial charge on any atom is 0.326 e. The molecule has 5 heteroatoms. The van der Waals surface area contributed by atoms with Crippen molar-refractivity contribution >= 4 is 11.9 Å². The molecule has 0 heterocycles. The third-order valence-corrected chi connectivity index (χ3v) is 3.44. The molecule has 0 fully saturated rings. The summed E-state index contributed by atoms with van der Waals surface area (Å²) in [5, 5.41) is 11.9. The summed E-state index contributed by atoms with van der Waals surface area (Å²) >= 11 is 0. The second-order valence-electron chi connectivity index (χ2n) is 5.17. The lowest BCUT2D eigenvalue weighted by Gasteiger charge is -2.15. The molecular weight excluding hydrogens is 294 g/mol. The number of carboxylic acids is 1. The topological polar surface area (TPSA) is 75.6 Å². The van der Waals surface area contributed by atoms with E-state index in [4.69, 9.17) is 4.74 Å². The minimum atomic E-state index is -1.05. The Hall–Kier alpha value is -2.82. The van der Waals surface area contributed by atoms with Gasteiger partial charge in [0.2, 0.25) is 5.91 Å². The van der Waals surface area contributed by atoms with Crippen LogP contribution in [-0.2, 0) is 22.4 Å². The Bertz CT molecular complexity index is 652. The van der Waals surface area contributed by atoms with Crippen molar-refractivity contribution in [1.82, 2.24) is 5.32 Å². The van der Waals surface area contributed by atoms with Crippen LogP contribution in [-0.4, -0.2) is 30.1 Å². The Morgan fingerprint density at radius 1 is 1.04 bits per heavy atom. The third kappa shape index (κ3) is 5.14. The molecule has 2 aromatic rings. The van der Waals surface area contributed by atoms with Crippen LogP contribution in [0.15, 0.2) is 54.6 Å². The Morgan fingerprint density at radius 3 is 2.26 bits per heavy atom. The molecule has 0 aromatic heterocycles. The number of amides is 1. The molecule has 2 rings (SSSR count). The second-order valence-corrected chi connectivity index (χ2v) is 5.17. The molecule has 0 saturated heterocycles. The van der Waals surface area contributed by atoms with Gasteiger partial charge in [-0.3, -0.25) is 4.79 Å². The molecule has 1 amide bonds. The normalized spacial score (nSPS) is 11.5. The van der Waals surface area contributed by atoms with Crippen LogP contribution in [0.4, 0.5) is 0 Å². The molecule has 0 aliphatic rings. The highest BCUT2D eigenvalue weighted by atomic mass is 16.5. The fourth-order valence-electron chi connectivity index (χ4n) is 2.22. The van der Waals surface area contributed by atoms with Crippen molar-refractivity contribution in [1.29, 1.82) is 0 Å². The number of carboxylic acid groups (broad SMARTS) is 1. The molecular formula is C18H19NO4. The van der Waals surface area contributed by atoms with Crippen molar-refractivity contribution in [3.8, 4) is 5.75 Å². The van der Waals surface area contributed by atoms with Crippen LogP contribution >= 0.6 is 0 Å². The van der Waals surface area contributed by atoms with Crippen molar-refractivity contribution in [2.24, 2.45) is 0 Å². The number of aliphatic carboxylic acids is 1. The summed E-state index contributed by atoms with van der Waals surface area (Å²) in [6.07, 6.45) is 0.382. The summed E-state index contributed by atoms with van der Waals surface area (Å²) in [6, 6.07) is 15.4. The van der Waals surface area contributed by atoms with Gasteiger partial charge in [0.15, 0.2) is 0 Å². The fraction of sp³-hybridized carbons (Fsp3) is 0.222. The molecule has 0 aliphatic heterocycles. The zero-order valence-corrected chi connectivity index (χ0v) is 12.9. The van der Waals surface area contributed by atoms with E-state index < -0.39 is 12.0 Å². The molecule has 5 nitrogen and oxygen atoms in total. The molecule has 0 unspecified atom stereocenters. The van der Waals surface area contributed by atoms with Crippen LogP contribution in [0.3, 0.4) is 0 Å². The lowest BCUT2D eigenvalue weighted by atomic mass is 10.1. The van der Waals surface area contributed by atoms with Crippen LogP contribution in [0, 0.1) is 0 Å². The van der Waals surface area contributed by atoms with Crippen molar-refractivity contribution in [2.45, 2.75) is 18.9 Å².